The largest absolute Gasteiger partial charge is 0.465 e. The van der Waals surface area contributed by atoms with E-state index in [1.165, 1.54) is 7.11 Å². The molecule has 1 aliphatic rings. The number of benzene rings is 2. The van der Waals surface area contributed by atoms with E-state index >= 15 is 0 Å². The summed E-state index contributed by atoms with van der Waals surface area (Å²) in [6.07, 6.45) is 2.82. The molecule has 2 atom stereocenters. The van der Waals surface area contributed by atoms with Gasteiger partial charge >= 0.3 is 5.97 Å². The molecule has 3 heterocycles. The van der Waals surface area contributed by atoms with Crippen molar-refractivity contribution in [2.45, 2.75) is 31.8 Å². The number of thiocarbonyl (C=S) groups is 1. The molecule has 0 bridgehead atoms. The highest BCUT2D eigenvalue weighted by Gasteiger charge is 2.41. The van der Waals surface area contributed by atoms with Crippen LogP contribution in [0.25, 0.3) is 11.3 Å². The van der Waals surface area contributed by atoms with E-state index < -0.39 is 5.97 Å². The molecule has 2 aromatic heterocycles. The van der Waals surface area contributed by atoms with E-state index in [4.69, 9.17) is 21.4 Å². The van der Waals surface area contributed by atoms with Crippen LogP contribution in [0.15, 0.2) is 89.5 Å². The fourth-order valence-corrected chi connectivity index (χ4v) is 5.23. The highest BCUT2D eigenvalue weighted by Crippen LogP contribution is 2.40. The van der Waals surface area contributed by atoms with Crippen LogP contribution in [0.5, 0.6) is 0 Å². The van der Waals surface area contributed by atoms with Crippen LogP contribution in [0.4, 0.5) is 5.69 Å². The van der Waals surface area contributed by atoms with Crippen molar-refractivity contribution in [2.24, 2.45) is 0 Å². The molecule has 0 unspecified atom stereocenters. The summed E-state index contributed by atoms with van der Waals surface area (Å²) in [6.45, 7) is 2.45. The SMILES string of the molecule is CCc1ccccc1NC(=O)CCN1C(=S)N[C@H](c2ccccn2)[C@@H]1c1ccc(-c2ccc(C(=O)OC)cc2)o1. The quantitative estimate of drug-likeness (QED) is 0.201. The first-order valence-electron chi connectivity index (χ1n) is 13.1. The third-order valence-electron chi connectivity index (χ3n) is 6.96. The van der Waals surface area contributed by atoms with Crippen LogP contribution in [-0.4, -0.2) is 40.5 Å². The number of nitrogens with one attached hydrogen (secondary N) is 2. The van der Waals surface area contributed by atoms with Crippen molar-refractivity contribution in [1.29, 1.82) is 0 Å². The summed E-state index contributed by atoms with van der Waals surface area (Å²) in [5, 5.41) is 6.96. The van der Waals surface area contributed by atoms with Crippen LogP contribution in [0, 0.1) is 0 Å². The number of carbonyl (C=O) groups excluding carboxylic acids is 2. The van der Waals surface area contributed by atoms with E-state index in [1.54, 1.807) is 18.3 Å². The number of para-hydroxylation sites is 1. The summed E-state index contributed by atoms with van der Waals surface area (Å²) >= 11 is 5.74. The minimum absolute atomic E-state index is 0.0884. The molecule has 8 nitrogen and oxygen atoms in total. The average Bonchev–Trinajstić information content (AvgIpc) is 3.61. The van der Waals surface area contributed by atoms with E-state index in [-0.39, 0.29) is 24.4 Å². The minimum Gasteiger partial charge on any atom is -0.465 e. The highest BCUT2D eigenvalue weighted by atomic mass is 32.1. The average molecular weight is 555 g/mol. The number of esters is 1. The lowest BCUT2D eigenvalue weighted by molar-refractivity contribution is -0.116. The molecule has 4 aromatic rings. The molecule has 0 saturated carbocycles. The number of nitrogens with zero attached hydrogens (tertiary/aromatic N) is 2. The van der Waals surface area contributed by atoms with Crippen molar-refractivity contribution in [1.82, 2.24) is 15.2 Å². The minimum atomic E-state index is -0.395. The third kappa shape index (κ3) is 5.74. The molecule has 1 amide bonds. The second-order valence-electron chi connectivity index (χ2n) is 9.40. The molecule has 204 valence electrons. The van der Waals surface area contributed by atoms with Gasteiger partial charge in [0.15, 0.2) is 5.11 Å². The van der Waals surface area contributed by atoms with E-state index in [1.807, 2.05) is 71.6 Å². The zero-order valence-electron chi connectivity index (χ0n) is 22.3. The molecule has 0 aliphatic carbocycles. The Morgan fingerprint density at radius 3 is 2.55 bits per heavy atom. The number of ether oxygens (including phenoxy) is 1. The topological polar surface area (TPSA) is 96.7 Å². The Morgan fingerprint density at radius 2 is 1.82 bits per heavy atom. The van der Waals surface area contributed by atoms with E-state index in [2.05, 4.69) is 22.5 Å². The number of furan rings is 1. The Balaban J connectivity index is 1.38. The van der Waals surface area contributed by atoms with Gasteiger partial charge in [0, 0.05) is 30.4 Å². The fourth-order valence-electron chi connectivity index (χ4n) is 4.90. The molecule has 1 aliphatic heterocycles. The summed E-state index contributed by atoms with van der Waals surface area (Å²) in [5.74, 6) is 0.854. The molecule has 1 fully saturated rings. The lowest BCUT2D eigenvalue weighted by Crippen LogP contribution is -2.32. The Labute approximate surface area is 238 Å². The number of aromatic nitrogens is 1. The Kier molecular flexibility index (Phi) is 8.21. The smallest absolute Gasteiger partial charge is 0.337 e. The van der Waals surface area contributed by atoms with E-state index in [9.17, 15) is 9.59 Å². The van der Waals surface area contributed by atoms with Gasteiger partial charge in [-0.25, -0.2) is 4.79 Å². The van der Waals surface area contributed by atoms with Crippen LogP contribution in [0.1, 0.15) is 52.8 Å². The predicted octanol–water partition coefficient (Wildman–Crippen LogP) is 5.69. The first-order chi connectivity index (χ1) is 19.5. The Hall–Kier alpha value is -4.50. The van der Waals surface area contributed by atoms with Gasteiger partial charge in [-0.3, -0.25) is 9.78 Å². The number of anilines is 1. The maximum Gasteiger partial charge on any atom is 0.337 e. The van der Waals surface area contributed by atoms with Gasteiger partial charge in [-0.05, 0) is 66.7 Å². The number of hydrogen-bond acceptors (Lipinski definition) is 6. The van der Waals surface area contributed by atoms with Crippen molar-refractivity contribution >= 4 is 34.9 Å². The maximum absolute atomic E-state index is 13.0. The monoisotopic (exact) mass is 554 g/mol. The Bertz CT molecular complexity index is 1500. The van der Waals surface area contributed by atoms with Crippen LogP contribution in [0.2, 0.25) is 0 Å². The van der Waals surface area contributed by atoms with Gasteiger partial charge < -0.3 is 24.7 Å². The Morgan fingerprint density at radius 1 is 1.05 bits per heavy atom. The van der Waals surface area contributed by atoms with Gasteiger partial charge in [0.05, 0.1) is 24.4 Å². The number of amides is 1. The van der Waals surface area contributed by atoms with E-state index in [0.717, 1.165) is 28.9 Å². The summed E-state index contributed by atoms with van der Waals surface area (Å²) in [6, 6.07) is 23.8. The molecule has 1 saturated heterocycles. The van der Waals surface area contributed by atoms with Gasteiger partial charge in [-0.15, -0.1) is 0 Å². The van der Waals surface area contributed by atoms with Crippen molar-refractivity contribution in [3.8, 4) is 11.3 Å². The third-order valence-corrected chi connectivity index (χ3v) is 7.31. The first-order valence-corrected chi connectivity index (χ1v) is 13.5. The summed E-state index contributed by atoms with van der Waals surface area (Å²) in [5.41, 5.74) is 4.02. The molecule has 9 heteroatoms. The normalized spacial score (nSPS) is 16.4. The maximum atomic E-state index is 13.0. The zero-order valence-corrected chi connectivity index (χ0v) is 23.1. The second kappa shape index (κ2) is 12.1. The van der Waals surface area contributed by atoms with Crippen LogP contribution >= 0.6 is 12.2 Å². The molecule has 0 spiro atoms. The van der Waals surface area contributed by atoms with Gasteiger partial charge in [-0.2, -0.15) is 0 Å². The number of hydrogen-bond donors (Lipinski definition) is 2. The van der Waals surface area contributed by atoms with Crippen LogP contribution in [0.3, 0.4) is 0 Å². The van der Waals surface area contributed by atoms with Crippen molar-refractivity contribution in [2.75, 3.05) is 19.0 Å². The molecule has 2 aromatic carbocycles. The number of rotatable bonds is 9. The van der Waals surface area contributed by atoms with Crippen molar-refractivity contribution < 1.29 is 18.7 Å². The lowest BCUT2D eigenvalue weighted by atomic mass is 10.0. The highest BCUT2D eigenvalue weighted by molar-refractivity contribution is 7.80. The van der Waals surface area contributed by atoms with Gasteiger partial charge in [0.2, 0.25) is 5.91 Å². The van der Waals surface area contributed by atoms with Crippen molar-refractivity contribution in [3.05, 3.63) is 108 Å². The molecular weight excluding hydrogens is 524 g/mol. The number of methoxy groups -OCH3 is 1. The molecule has 40 heavy (non-hydrogen) atoms. The predicted molar refractivity (Wildman–Crippen MR) is 157 cm³/mol. The second-order valence-corrected chi connectivity index (χ2v) is 9.79. The van der Waals surface area contributed by atoms with Gasteiger partial charge in [-0.1, -0.05) is 43.3 Å². The van der Waals surface area contributed by atoms with Gasteiger partial charge in [0.1, 0.15) is 17.6 Å². The van der Waals surface area contributed by atoms with Gasteiger partial charge in [0.25, 0.3) is 0 Å². The molecular formula is C31H30N4O4S. The van der Waals surface area contributed by atoms with E-state index in [0.29, 0.717) is 28.7 Å². The molecule has 2 N–H and O–H groups in total. The molecule has 0 radical (unpaired) electrons. The van der Waals surface area contributed by atoms with Crippen LogP contribution in [-0.2, 0) is 16.0 Å². The summed E-state index contributed by atoms with van der Waals surface area (Å²) in [4.78, 5) is 31.3. The fraction of sp³-hybridized carbons (Fsp3) is 0.226. The number of pyridine rings is 1. The zero-order chi connectivity index (χ0) is 28.1. The standard InChI is InChI=1S/C31H30N4O4S/c1-3-20-8-4-5-9-23(20)33-27(36)17-19-35-29(28(34-31(35)40)24-10-6-7-18-32-24)26-16-15-25(39-26)21-11-13-22(14-12-21)30(37)38-2/h4-16,18,28-29H,3,17,19H2,1-2H3,(H,33,36)(H,34,40)/t28-,29+/m1/s1. The summed E-state index contributed by atoms with van der Waals surface area (Å²) < 4.78 is 11.1. The van der Waals surface area contributed by atoms with Crippen LogP contribution < -0.4 is 10.6 Å². The van der Waals surface area contributed by atoms with Crippen molar-refractivity contribution in [3.63, 3.8) is 0 Å². The summed E-state index contributed by atoms with van der Waals surface area (Å²) in [7, 11) is 1.35. The molecule has 5 rings (SSSR count). The number of aryl methyl sites for hydroxylation is 1. The lowest BCUT2D eigenvalue weighted by Gasteiger charge is -2.26. The number of carbonyl (C=O) groups is 2. The first kappa shape index (κ1) is 27.1.